The van der Waals surface area contributed by atoms with Crippen molar-refractivity contribution in [2.24, 2.45) is 5.73 Å². The summed E-state index contributed by atoms with van der Waals surface area (Å²) >= 11 is 0. The van der Waals surface area contributed by atoms with Gasteiger partial charge in [-0.25, -0.2) is 0 Å². The summed E-state index contributed by atoms with van der Waals surface area (Å²) in [6, 6.07) is 6.66. The van der Waals surface area contributed by atoms with E-state index >= 15 is 0 Å². The zero-order chi connectivity index (χ0) is 15.3. The van der Waals surface area contributed by atoms with E-state index in [2.05, 4.69) is 5.32 Å². The van der Waals surface area contributed by atoms with Gasteiger partial charge in [0.15, 0.2) is 0 Å². The molecule has 1 aromatic rings. The molecule has 1 atom stereocenters. The summed E-state index contributed by atoms with van der Waals surface area (Å²) in [5.74, 6) is -1.24. The molecule has 0 aliphatic heterocycles. The normalized spacial score (nSPS) is 12.8. The van der Waals surface area contributed by atoms with Gasteiger partial charge in [0, 0.05) is 19.3 Å². The number of carbonyl (C=O) groups is 2. The molecule has 0 aromatic heterocycles. The van der Waals surface area contributed by atoms with Gasteiger partial charge < -0.3 is 20.9 Å². The van der Waals surface area contributed by atoms with Gasteiger partial charge >= 0.3 is 5.97 Å². The number of ether oxygens (including phenoxy) is 1. The minimum atomic E-state index is -0.977. The Hall–Kier alpha value is -1.92. The van der Waals surface area contributed by atoms with Gasteiger partial charge in [-0.15, -0.1) is 0 Å². The lowest BCUT2D eigenvalue weighted by molar-refractivity contribution is -0.142. The number of methoxy groups -OCH3 is 1. The Balaban J connectivity index is 2.82. The van der Waals surface area contributed by atoms with Gasteiger partial charge in [-0.3, -0.25) is 9.59 Å². The fourth-order valence-electron chi connectivity index (χ4n) is 1.63. The van der Waals surface area contributed by atoms with Crippen LogP contribution in [0.3, 0.4) is 0 Å². The highest BCUT2D eigenvalue weighted by Gasteiger charge is 2.29. The maximum atomic E-state index is 11.8. The van der Waals surface area contributed by atoms with Crippen molar-refractivity contribution in [1.82, 2.24) is 0 Å². The first kappa shape index (κ1) is 16.1. The number of carboxylic acids is 1. The molecule has 0 heterocycles. The summed E-state index contributed by atoms with van der Waals surface area (Å²) in [5.41, 5.74) is 5.65. The molecule has 0 fully saturated rings. The Morgan fingerprint density at radius 1 is 1.35 bits per heavy atom. The third-order valence-corrected chi connectivity index (χ3v) is 3.20. The number of carbonyl (C=O) groups excluding carboxylic acids is 1. The van der Waals surface area contributed by atoms with E-state index in [0.29, 0.717) is 11.3 Å². The Labute approximate surface area is 117 Å². The SMILES string of the molecule is COC(CN)C(=O)Nc1ccc(C(C)(C)C(=O)O)cc1. The van der Waals surface area contributed by atoms with Gasteiger partial charge in [-0.1, -0.05) is 12.1 Å². The first-order valence-electron chi connectivity index (χ1n) is 6.20. The molecule has 1 rings (SSSR count). The molecule has 110 valence electrons. The van der Waals surface area contributed by atoms with Crippen molar-refractivity contribution in [3.8, 4) is 0 Å². The van der Waals surface area contributed by atoms with E-state index in [9.17, 15) is 9.59 Å². The number of nitrogens with one attached hydrogen (secondary N) is 1. The molecular weight excluding hydrogens is 260 g/mol. The molecule has 1 aromatic carbocycles. The number of carboxylic acid groups (broad SMARTS) is 1. The number of aliphatic carboxylic acids is 1. The number of benzene rings is 1. The lowest BCUT2D eigenvalue weighted by atomic mass is 9.85. The summed E-state index contributed by atoms with van der Waals surface area (Å²) in [7, 11) is 1.41. The zero-order valence-electron chi connectivity index (χ0n) is 11.8. The standard InChI is InChI=1S/C14H20N2O4/c1-14(2,13(18)19)9-4-6-10(7-5-9)16-12(17)11(8-15)20-3/h4-7,11H,8,15H2,1-3H3,(H,16,17)(H,18,19). The Kier molecular flexibility index (Phi) is 5.24. The number of hydrogen-bond donors (Lipinski definition) is 3. The Morgan fingerprint density at radius 2 is 1.90 bits per heavy atom. The highest BCUT2D eigenvalue weighted by atomic mass is 16.5. The average Bonchev–Trinajstić information content (AvgIpc) is 2.40. The molecule has 1 unspecified atom stereocenters. The van der Waals surface area contributed by atoms with Crippen LogP contribution in [0.5, 0.6) is 0 Å². The van der Waals surface area contributed by atoms with Crippen LogP contribution in [-0.4, -0.2) is 36.7 Å². The van der Waals surface area contributed by atoms with Crippen molar-refractivity contribution in [2.75, 3.05) is 19.0 Å². The van der Waals surface area contributed by atoms with Gasteiger partial charge in [0.2, 0.25) is 0 Å². The van der Waals surface area contributed by atoms with Crippen LogP contribution in [0.2, 0.25) is 0 Å². The summed E-state index contributed by atoms with van der Waals surface area (Å²) in [4.78, 5) is 22.9. The Bertz CT molecular complexity index is 478. The van der Waals surface area contributed by atoms with Gasteiger partial charge in [-0.2, -0.15) is 0 Å². The van der Waals surface area contributed by atoms with E-state index in [-0.39, 0.29) is 12.5 Å². The van der Waals surface area contributed by atoms with E-state index in [1.54, 1.807) is 38.1 Å². The third kappa shape index (κ3) is 3.55. The number of nitrogens with two attached hydrogens (primary N) is 1. The lowest BCUT2D eigenvalue weighted by Gasteiger charge is -2.20. The van der Waals surface area contributed by atoms with Crippen LogP contribution in [0, 0.1) is 0 Å². The predicted octanol–water partition coefficient (Wildman–Crippen LogP) is 0.961. The van der Waals surface area contributed by atoms with Crippen LogP contribution in [-0.2, 0) is 19.7 Å². The molecule has 0 aliphatic rings. The average molecular weight is 280 g/mol. The Morgan fingerprint density at radius 3 is 2.30 bits per heavy atom. The maximum Gasteiger partial charge on any atom is 0.313 e. The molecule has 0 bridgehead atoms. The van der Waals surface area contributed by atoms with Crippen molar-refractivity contribution in [2.45, 2.75) is 25.4 Å². The van der Waals surface area contributed by atoms with Crippen molar-refractivity contribution in [3.63, 3.8) is 0 Å². The number of amides is 1. The van der Waals surface area contributed by atoms with Gasteiger partial charge in [0.25, 0.3) is 5.91 Å². The molecule has 0 aliphatic carbocycles. The fourth-order valence-corrected chi connectivity index (χ4v) is 1.63. The van der Waals surface area contributed by atoms with E-state index < -0.39 is 17.5 Å². The summed E-state index contributed by atoms with van der Waals surface area (Å²) in [6.07, 6.45) is -0.704. The van der Waals surface area contributed by atoms with E-state index in [4.69, 9.17) is 15.6 Å². The predicted molar refractivity (Wildman–Crippen MR) is 75.6 cm³/mol. The van der Waals surface area contributed by atoms with Gasteiger partial charge in [0.1, 0.15) is 6.10 Å². The van der Waals surface area contributed by atoms with Gasteiger partial charge in [0.05, 0.1) is 5.41 Å². The molecular formula is C14H20N2O4. The molecule has 20 heavy (non-hydrogen) atoms. The molecule has 1 amide bonds. The second kappa shape index (κ2) is 6.49. The minimum Gasteiger partial charge on any atom is -0.481 e. The van der Waals surface area contributed by atoms with Crippen molar-refractivity contribution >= 4 is 17.6 Å². The van der Waals surface area contributed by atoms with Crippen LogP contribution in [0.15, 0.2) is 24.3 Å². The van der Waals surface area contributed by atoms with Crippen LogP contribution in [0.1, 0.15) is 19.4 Å². The highest BCUT2D eigenvalue weighted by Crippen LogP contribution is 2.24. The first-order chi connectivity index (χ1) is 9.32. The largest absolute Gasteiger partial charge is 0.481 e. The minimum absolute atomic E-state index is 0.0897. The molecule has 0 saturated carbocycles. The van der Waals surface area contributed by atoms with Crippen molar-refractivity contribution in [3.05, 3.63) is 29.8 Å². The van der Waals surface area contributed by atoms with Crippen LogP contribution >= 0.6 is 0 Å². The van der Waals surface area contributed by atoms with Crippen LogP contribution < -0.4 is 11.1 Å². The smallest absolute Gasteiger partial charge is 0.313 e. The molecule has 0 spiro atoms. The van der Waals surface area contributed by atoms with Crippen molar-refractivity contribution in [1.29, 1.82) is 0 Å². The lowest BCUT2D eigenvalue weighted by Crippen LogP contribution is -2.35. The fraction of sp³-hybridized carbons (Fsp3) is 0.429. The van der Waals surface area contributed by atoms with E-state index in [1.165, 1.54) is 7.11 Å². The topological polar surface area (TPSA) is 102 Å². The molecule has 0 radical (unpaired) electrons. The third-order valence-electron chi connectivity index (χ3n) is 3.20. The monoisotopic (exact) mass is 280 g/mol. The zero-order valence-corrected chi connectivity index (χ0v) is 11.8. The second-order valence-electron chi connectivity index (χ2n) is 4.96. The molecule has 0 saturated heterocycles. The second-order valence-corrected chi connectivity index (χ2v) is 4.96. The van der Waals surface area contributed by atoms with E-state index in [1.807, 2.05) is 0 Å². The number of anilines is 1. The molecule has 4 N–H and O–H groups in total. The maximum absolute atomic E-state index is 11.8. The first-order valence-corrected chi connectivity index (χ1v) is 6.20. The van der Waals surface area contributed by atoms with E-state index in [0.717, 1.165) is 0 Å². The molecule has 6 heteroatoms. The number of rotatable bonds is 6. The quantitative estimate of drug-likeness (QED) is 0.720. The van der Waals surface area contributed by atoms with Gasteiger partial charge in [-0.05, 0) is 31.5 Å². The van der Waals surface area contributed by atoms with Crippen LogP contribution in [0.4, 0.5) is 5.69 Å². The van der Waals surface area contributed by atoms with Crippen molar-refractivity contribution < 1.29 is 19.4 Å². The number of hydrogen-bond acceptors (Lipinski definition) is 4. The highest BCUT2D eigenvalue weighted by molar-refractivity contribution is 5.94. The summed E-state index contributed by atoms with van der Waals surface area (Å²) in [6.45, 7) is 3.34. The van der Waals surface area contributed by atoms with Crippen LogP contribution in [0.25, 0.3) is 0 Å². The molecule has 6 nitrogen and oxygen atoms in total. The summed E-state index contributed by atoms with van der Waals surface area (Å²) < 4.78 is 4.93. The summed E-state index contributed by atoms with van der Waals surface area (Å²) in [5, 5.41) is 11.8.